The molecule has 0 fully saturated rings. The number of hydrogen-bond donors (Lipinski definition) is 1. The van der Waals surface area contributed by atoms with Gasteiger partial charge in [-0.05, 0) is 30.7 Å². The minimum atomic E-state index is -1.27. The van der Waals surface area contributed by atoms with Crippen LogP contribution in [-0.4, -0.2) is 11.8 Å². The summed E-state index contributed by atoms with van der Waals surface area (Å²) in [5.74, 6) is -1.40. The summed E-state index contributed by atoms with van der Waals surface area (Å²) in [6, 6.07) is 4.72. The molecule has 2 N–H and O–H groups in total. The van der Waals surface area contributed by atoms with Crippen molar-refractivity contribution in [2.75, 3.05) is 5.73 Å². The van der Waals surface area contributed by atoms with Crippen LogP contribution in [-0.2, 0) is 4.79 Å². The van der Waals surface area contributed by atoms with Gasteiger partial charge in [0.25, 0.3) is 0 Å². The molecule has 0 saturated heterocycles. The summed E-state index contributed by atoms with van der Waals surface area (Å²) in [6.45, 7) is 1.42. The Morgan fingerprint density at radius 2 is 2.00 bits per heavy atom. The molecule has 0 aromatic heterocycles. The van der Waals surface area contributed by atoms with Crippen LogP contribution in [0.1, 0.15) is 22.8 Å². The van der Waals surface area contributed by atoms with Crippen LogP contribution in [0.5, 0.6) is 0 Å². The first-order valence-corrected chi connectivity index (χ1v) is 4.30. The maximum atomic E-state index is 11.0. The summed E-state index contributed by atoms with van der Waals surface area (Å²) in [7, 11) is 0. The summed E-state index contributed by atoms with van der Waals surface area (Å²) < 4.78 is 0. The normalized spacial score (nSPS) is 9.81. The number of Topliss-reactive ketones (excluding diaryl/α,β-unsaturated/α-hetero) is 1. The zero-order chi connectivity index (χ0) is 11.4. The number of aliphatic carboxylic acids is 1. The Kier molecular flexibility index (Phi) is 5.58. The maximum absolute atomic E-state index is 11.0. The molecule has 1 rings (SSSR count). The molecule has 1 aromatic rings. The zero-order valence-electron chi connectivity index (χ0n) is 9.19. The average Bonchev–Trinajstić information content (AvgIpc) is 2.14. The monoisotopic (exact) mass is 211 g/mol. The number of nitrogens with two attached hydrogens (primary N) is 1. The number of nitrogen functional groups attached to an aromatic ring is 1. The second-order valence-corrected chi connectivity index (χ2v) is 3.06. The van der Waals surface area contributed by atoms with E-state index in [-0.39, 0.29) is 24.6 Å². The van der Waals surface area contributed by atoms with Crippen molar-refractivity contribution in [1.82, 2.24) is 0 Å². The Morgan fingerprint density at radius 1 is 1.38 bits per heavy atom. The zero-order valence-corrected chi connectivity index (χ0v) is 9.19. The first-order chi connectivity index (χ1) is 7.00. The van der Waals surface area contributed by atoms with E-state index in [1.165, 1.54) is 19.1 Å². The summed E-state index contributed by atoms with van der Waals surface area (Å²) in [4.78, 5) is 21.2. The van der Waals surface area contributed by atoms with Gasteiger partial charge in [0.1, 0.15) is 0 Å². The number of anilines is 1. The molecule has 0 amide bonds. The standard InChI is InChI=1S/C11H11NO3.Li/c1-7(13)9-4-2-8(6-10(9)12)3-5-11(14)15;/h2-6H,12H2,1H3,(H,14,15);/q;+1/p-1/b5-3+;. The van der Waals surface area contributed by atoms with Crippen molar-refractivity contribution in [2.24, 2.45) is 0 Å². The third kappa shape index (κ3) is 3.93. The van der Waals surface area contributed by atoms with Crippen molar-refractivity contribution in [3.05, 3.63) is 35.4 Å². The Morgan fingerprint density at radius 3 is 2.44 bits per heavy atom. The molecule has 0 unspecified atom stereocenters. The summed E-state index contributed by atoms with van der Waals surface area (Å²) in [6.07, 6.45) is 2.26. The summed E-state index contributed by atoms with van der Waals surface area (Å²) >= 11 is 0. The van der Waals surface area contributed by atoms with Gasteiger partial charge in [-0.15, -0.1) is 0 Å². The van der Waals surface area contributed by atoms with Crippen molar-refractivity contribution in [2.45, 2.75) is 6.92 Å². The molecule has 0 aliphatic rings. The number of rotatable bonds is 3. The smallest absolute Gasteiger partial charge is 0.545 e. The molecule has 5 heteroatoms. The quantitative estimate of drug-likeness (QED) is 0.254. The van der Waals surface area contributed by atoms with Gasteiger partial charge in [0.05, 0.1) is 5.97 Å². The topological polar surface area (TPSA) is 83.2 Å². The maximum Gasteiger partial charge on any atom is 1.00 e. The minimum Gasteiger partial charge on any atom is -0.545 e. The van der Waals surface area contributed by atoms with Crippen molar-refractivity contribution in [1.29, 1.82) is 0 Å². The predicted octanol–water partition coefficient (Wildman–Crippen LogP) is -2.76. The first kappa shape index (κ1) is 14.5. The molecule has 78 valence electrons. The molecule has 0 aliphatic carbocycles. The van der Waals surface area contributed by atoms with Crippen LogP contribution in [0.15, 0.2) is 24.3 Å². The second kappa shape index (κ2) is 6.16. The van der Waals surface area contributed by atoms with Crippen LogP contribution >= 0.6 is 0 Å². The van der Waals surface area contributed by atoms with Gasteiger partial charge in [-0.25, -0.2) is 0 Å². The van der Waals surface area contributed by atoms with Crippen LogP contribution in [0.3, 0.4) is 0 Å². The SMILES string of the molecule is CC(=O)c1ccc(/C=C/C(=O)[O-])cc1N.[Li+]. The number of carboxylic acid groups (broad SMARTS) is 1. The summed E-state index contributed by atoms with van der Waals surface area (Å²) in [5.41, 5.74) is 6.99. The van der Waals surface area contributed by atoms with E-state index in [4.69, 9.17) is 5.73 Å². The van der Waals surface area contributed by atoms with Gasteiger partial charge in [-0.3, -0.25) is 4.79 Å². The van der Waals surface area contributed by atoms with Crippen LogP contribution < -0.4 is 29.7 Å². The van der Waals surface area contributed by atoms with Gasteiger partial charge in [-0.2, -0.15) is 0 Å². The van der Waals surface area contributed by atoms with Crippen LogP contribution in [0, 0.1) is 0 Å². The van der Waals surface area contributed by atoms with E-state index in [0.717, 1.165) is 6.08 Å². The number of carbonyl (C=O) groups is 2. The third-order valence-electron chi connectivity index (χ3n) is 1.87. The fourth-order valence-corrected chi connectivity index (χ4v) is 1.17. The Bertz CT molecular complexity index is 441. The minimum absolute atomic E-state index is 0. The van der Waals surface area contributed by atoms with Gasteiger partial charge in [0, 0.05) is 11.3 Å². The molecule has 0 atom stereocenters. The number of hydrogen-bond acceptors (Lipinski definition) is 4. The van der Waals surface area contributed by atoms with Gasteiger partial charge in [0.15, 0.2) is 5.78 Å². The Labute approximate surface area is 105 Å². The van der Waals surface area contributed by atoms with Crippen LogP contribution in [0.4, 0.5) is 5.69 Å². The van der Waals surface area contributed by atoms with Crippen molar-refractivity contribution >= 4 is 23.5 Å². The largest absolute Gasteiger partial charge is 1.00 e. The van der Waals surface area contributed by atoms with E-state index in [9.17, 15) is 14.7 Å². The first-order valence-electron chi connectivity index (χ1n) is 4.30. The molecule has 0 saturated carbocycles. The van der Waals surface area contributed by atoms with Crippen LogP contribution in [0.2, 0.25) is 0 Å². The van der Waals surface area contributed by atoms with E-state index < -0.39 is 5.97 Å². The van der Waals surface area contributed by atoms with Crippen molar-refractivity contribution in [3.63, 3.8) is 0 Å². The van der Waals surface area contributed by atoms with Gasteiger partial charge in [-0.1, -0.05) is 12.1 Å². The van der Waals surface area contributed by atoms with E-state index in [2.05, 4.69) is 0 Å². The molecule has 0 radical (unpaired) electrons. The number of benzene rings is 1. The molecule has 0 aliphatic heterocycles. The van der Waals surface area contributed by atoms with E-state index in [0.29, 0.717) is 16.8 Å². The molecule has 1 aromatic carbocycles. The fourth-order valence-electron chi connectivity index (χ4n) is 1.17. The number of carbonyl (C=O) groups excluding carboxylic acids is 2. The molecular weight excluding hydrogens is 201 g/mol. The van der Waals surface area contributed by atoms with E-state index in [1.54, 1.807) is 12.1 Å². The molecule has 0 bridgehead atoms. The Balaban J connectivity index is 0.00000225. The molecule has 4 nitrogen and oxygen atoms in total. The van der Waals surface area contributed by atoms with E-state index >= 15 is 0 Å². The molecular formula is C11H10LiNO3. The molecule has 0 heterocycles. The van der Waals surface area contributed by atoms with E-state index in [1.807, 2.05) is 0 Å². The second-order valence-electron chi connectivity index (χ2n) is 3.06. The molecule has 0 spiro atoms. The predicted molar refractivity (Wildman–Crippen MR) is 54.9 cm³/mol. The molecule has 16 heavy (non-hydrogen) atoms. The number of carboxylic acids is 1. The average molecular weight is 211 g/mol. The van der Waals surface area contributed by atoms with Crippen molar-refractivity contribution in [3.8, 4) is 0 Å². The Hall–Kier alpha value is -1.50. The van der Waals surface area contributed by atoms with Gasteiger partial charge in [0.2, 0.25) is 0 Å². The van der Waals surface area contributed by atoms with Crippen LogP contribution in [0.25, 0.3) is 6.08 Å². The van der Waals surface area contributed by atoms with Gasteiger partial charge < -0.3 is 15.6 Å². The number of ketones is 1. The van der Waals surface area contributed by atoms with Gasteiger partial charge >= 0.3 is 18.9 Å². The summed E-state index contributed by atoms with van der Waals surface area (Å²) in [5, 5.41) is 10.1. The fraction of sp³-hybridized carbons (Fsp3) is 0.0909. The van der Waals surface area contributed by atoms with Crippen molar-refractivity contribution < 1.29 is 33.6 Å². The third-order valence-corrected chi connectivity index (χ3v) is 1.87.